The highest BCUT2D eigenvalue weighted by Gasteiger charge is 2.33. The summed E-state index contributed by atoms with van der Waals surface area (Å²) in [7, 11) is -3.59. The second-order valence-corrected chi connectivity index (χ2v) is 6.70. The molecule has 0 spiro atoms. The monoisotopic (exact) mass is 279 g/mol. The van der Waals surface area contributed by atoms with Crippen molar-refractivity contribution in [3.8, 4) is 6.07 Å². The maximum atomic E-state index is 12.5. The van der Waals surface area contributed by atoms with Crippen LogP contribution in [0, 0.1) is 17.2 Å². The summed E-state index contributed by atoms with van der Waals surface area (Å²) < 4.78 is 26.5. The summed E-state index contributed by atoms with van der Waals surface area (Å²) in [6.07, 6.45) is 1.85. The summed E-state index contributed by atoms with van der Waals surface area (Å²) in [5, 5.41) is 9.06. The van der Waals surface area contributed by atoms with Crippen molar-refractivity contribution < 1.29 is 8.42 Å². The number of nitriles is 1. The van der Waals surface area contributed by atoms with Crippen molar-refractivity contribution in [1.82, 2.24) is 4.31 Å². The first-order valence-electron chi connectivity index (χ1n) is 6.28. The van der Waals surface area contributed by atoms with E-state index in [1.807, 2.05) is 6.07 Å². The van der Waals surface area contributed by atoms with E-state index in [2.05, 4.69) is 6.92 Å². The molecule has 6 heteroatoms. The standard InChI is InChI=1S/C13H17N3O2S/c1-2-10-5-6-16(9-10)19(17,18)13-4-3-12(15)7-11(13)8-14/h3-4,7,10H,2,5-6,9,15H2,1H3. The van der Waals surface area contributed by atoms with Gasteiger partial charge in [0.25, 0.3) is 0 Å². The minimum atomic E-state index is -3.59. The van der Waals surface area contributed by atoms with E-state index in [1.54, 1.807) is 0 Å². The van der Waals surface area contributed by atoms with Crippen molar-refractivity contribution in [3.05, 3.63) is 23.8 Å². The van der Waals surface area contributed by atoms with E-state index >= 15 is 0 Å². The molecule has 1 atom stereocenters. The molecule has 19 heavy (non-hydrogen) atoms. The number of nitrogens with zero attached hydrogens (tertiary/aromatic N) is 2. The van der Waals surface area contributed by atoms with E-state index in [1.165, 1.54) is 22.5 Å². The van der Waals surface area contributed by atoms with Crippen LogP contribution in [-0.2, 0) is 10.0 Å². The van der Waals surface area contributed by atoms with E-state index in [0.717, 1.165) is 12.8 Å². The number of nitrogen functional groups attached to an aromatic ring is 1. The Kier molecular flexibility index (Phi) is 3.78. The smallest absolute Gasteiger partial charge is 0.244 e. The number of hydrogen-bond donors (Lipinski definition) is 1. The number of rotatable bonds is 3. The molecule has 0 saturated carbocycles. The quantitative estimate of drug-likeness (QED) is 0.851. The lowest BCUT2D eigenvalue weighted by molar-refractivity contribution is 0.453. The fourth-order valence-corrected chi connectivity index (χ4v) is 4.00. The molecule has 1 heterocycles. The van der Waals surface area contributed by atoms with Crippen LogP contribution in [0.25, 0.3) is 0 Å². The lowest BCUT2D eigenvalue weighted by atomic mass is 10.1. The lowest BCUT2D eigenvalue weighted by Crippen LogP contribution is -2.29. The number of nitrogens with two attached hydrogens (primary N) is 1. The Bertz CT molecular complexity index is 619. The van der Waals surface area contributed by atoms with Gasteiger partial charge in [-0.1, -0.05) is 13.3 Å². The van der Waals surface area contributed by atoms with Crippen molar-refractivity contribution in [2.45, 2.75) is 24.7 Å². The zero-order valence-electron chi connectivity index (χ0n) is 10.8. The Balaban J connectivity index is 2.38. The largest absolute Gasteiger partial charge is 0.399 e. The van der Waals surface area contributed by atoms with Crippen LogP contribution < -0.4 is 5.73 Å². The molecule has 1 aliphatic heterocycles. The average molecular weight is 279 g/mol. The Hall–Kier alpha value is -1.58. The Morgan fingerprint density at radius 1 is 1.53 bits per heavy atom. The molecule has 0 radical (unpaired) electrons. The van der Waals surface area contributed by atoms with Gasteiger partial charge in [-0.3, -0.25) is 0 Å². The van der Waals surface area contributed by atoms with Gasteiger partial charge >= 0.3 is 0 Å². The summed E-state index contributed by atoms with van der Waals surface area (Å²) >= 11 is 0. The molecule has 1 aliphatic rings. The number of benzene rings is 1. The van der Waals surface area contributed by atoms with Gasteiger partial charge in [0.2, 0.25) is 10.0 Å². The highest BCUT2D eigenvalue weighted by molar-refractivity contribution is 7.89. The molecule has 2 N–H and O–H groups in total. The predicted molar refractivity (Wildman–Crippen MR) is 72.7 cm³/mol. The summed E-state index contributed by atoms with van der Waals surface area (Å²) in [6.45, 7) is 3.12. The van der Waals surface area contributed by atoms with Crippen LogP contribution >= 0.6 is 0 Å². The Labute approximate surface area is 113 Å². The molecule has 0 amide bonds. The maximum absolute atomic E-state index is 12.5. The summed E-state index contributed by atoms with van der Waals surface area (Å²) in [5.41, 5.74) is 6.09. The number of anilines is 1. The minimum absolute atomic E-state index is 0.0564. The molecule has 0 aliphatic carbocycles. The van der Waals surface area contributed by atoms with Gasteiger partial charge in [-0.15, -0.1) is 0 Å². The van der Waals surface area contributed by atoms with E-state index in [9.17, 15) is 8.42 Å². The molecule has 1 saturated heterocycles. The molecule has 2 rings (SSSR count). The van der Waals surface area contributed by atoms with Crippen molar-refractivity contribution in [2.75, 3.05) is 18.8 Å². The van der Waals surface area contributed by atoms with E-state index in [4.69, 9.17) is 11.0 Å². The lowest BCUT2D eigenvalue weighted by Gasteiger charge is -2.17. The highest BCUT2D eigenvalue weighted by atomic mass is 32.2. The molecule has 102 valence electrons. The van der Waals surface area contributed by atoms with Crippen LogP contribution in [0.4, 0.5) is 5.69 Å². The normalized spacial score (nSPS) is 20.3. The van der Waals surface area contributed by atoms with Crippen LogP contribution in [0.15, 0.2) is 23.1 Å². The minimum Gasteiger partial charge on any atom is -0.399 e. The molecule has 0 aromatic heterocycles. The molecular weight excluding hydrogens is 262 g/mol. The first-order valence-corrected chi connectivity index (χ1v) is 7.72. The second-order valence-electron chi connectivity index (χ2n) is 4.79. The van der Waals surface area contributed by atoms with Gasteiger partial charge < -0.3 is 5.73 Å². The van der Waals surface area contributed by atoms with E-state index in [-0.39, 0.29) is 10.5 Å². The first-order chi connectivity index (χ1) is 8.98. The molecule has 1 aromatic rings. The van der Waals surface area contributed by atoms with Crippen LogP contribution in [0.3, 0.4) is 0 Å². The zero-order valence-corrected chi connectivity index (χ0v) is 11.7. The third kappa shape index (κ3) is 2.57. The summed E-state index contributed by atoms with van der Waals surface area (Å²) in [6, 6.07) is 6.24. The second kappa shape index (κ2) is 5.19. The molecule has 0 bridgehead atoms. The topological polar surface area (TPSA) is 87.2 Å². The average Bonchev–Trinajstić information content (AvgIpc) is 2.87. The van der Waals surface area contributed by atoms with Crippen LogP contribution in [0.5, 0.6) is 0 Å². The van der Waals surface area contributed by atoms with Gasteiger partial charge in [0.1, 0.15) is 11.0 Å². The van der Waals surface area contributed by atoms with Gasteiger partial charge in [0.05, 0.1) is 5.56 Å². The van der Waals surface area contributed by atoms with Crippen LogP contribution in [0.1, 0.15) is 25.3 Å². The van der Waals surface area contributed by atoms with Gasteiger partial charge in [0.15, 0.2) is 0 Å². The molecular formula is C13H17N3O2S. The first kappa shape index (κ1) is 13.8. The number of hydrogen-bond acceptors (Lipinski definition) is 4. The van der Waals surface area contributed by atoms with Crippen molar-refractivity contribution in [2.24, 2.45) is 5.92 Å². The Morgan fingerprint density at radius 2 is 2.26 bits per heavy atom. The third-order valence-electron chi connectivity index (χ3n) is 3.57. The summed E-state index contributed by atoms with van der Waals surface area (Å²) in [4.78, 5) is 0.0564. The number of sulfonamides is 1. The molecule has 1 aromatic carbocycles. The molecule has 5 nitrogen and oxygen atoms in total. The van der Waals surface area contributed by atoms with Crippen molar-refractivity contribution in [3.63, 3.8) is 0 Å². The Morgan fingerprint density at radius 3 is 2.84 bits per heavy atom. The van der Waals surface area contributed by atoms with Gasteiger partial charge in [0, 0.05) is 18.8 Å². The zero-order chi connectivity index (χ0) is 14.0. The van der Waals surface area contributed by atoms with Crippen LogP contribution in [0.2, 0.25) is 0 Å². The third-order valence-corrected chi connectivity index (χ3v) is 5.49. The van der Waals surface area contributed by atoms with Crippen molar-refractivity contribution >= 4 is 15.7 Å². The van der Waals surface area contributed by atoms with Gasteiger partial charge in [-0.25, -0.2) is 8.42 Å². The fraction of sp³-hybridized carbons (Fsp3) is 0.462. The summed E-state index contributed by atoms with van der Waals surface area (Å²) in [5.74, 6) is 0.411. The van der Waals surface area contributed by atoms with Gasteiger partial charge in [-0.05, 0) is 30.5 Å². The van der Waals surface area contributed by atoms with Crippen molar-refractivity contribution in [1.29, 1.82) is 5.26 Å². The van der Waals surface area contributed by atoms with E-state index in [0.29, 0.717) is 24.7 Å². The maximum Gasteiger partial charge on any atom is 0.244 e. The van der Waals surface area contributed by atoms with E-state index < -0.39 is 10.0 Å². The molecule has 1 fully saturated rings. The molecule has 1 unspecified atom stereocenters. The fourth-order valence-electron chi connectivity index (χ4n) is 2.35. The SMILES string of the molecule is CCC1CCN(S(=O)(=O)c2ccc(N)cc2C#N)C1. The van der Waals surface area contributed by atoms with Crippen LogP contribution in [-0.4, -0.2) is 25.8 Å². The highest BCUT2D eigenvalue weighted by Crippen LogP contribution is 2.28. The van der Waals surface area contributed by atoms with Gasteiger partial charge in [-0.2, -0.15) is 9.57 Å². The predicted octanol–water partition coefficient (Wildman–Crippen LogP) is 1.56.